The van der Waals surface area contributed by atoms with Gasteiger partial charge in [0, 0.05) is 26.9 Å². The van der Waals surface area contributed by atoms with Crippen LogP contribution in [0.3, 0.4) is 0 Å². The van der Waals surface area contributed by atoms with Crippen molar-refractivity contribution in [2.45, 2.75) is 12.8 Å². The summed E-state index contributed by atoms with van der Waals surface area (Å²) in [4.78, 5) is 0. The molecule has 0 amide bonds. The molecule has 0 atom stereocenters. The summed E-state index contributed by atoms with van der Waals surface area (Å²) < 4.78 is 10.0. The van der Waals surface area contributed by atoms with Crippen LogP contribution in [0, 0.1) is 0 Å². The van der Waals surface area contributed by atoms with E-state index in [0.29, 0.717) is 13.2 Å². The Morgan fingerprint density at radius 1 is 1.10 bits per heavy atom. The number of rotatable bonds is 7. The Balaban J connectivity index is 2.65. The minimum Gasteiger partial charge on any atom is -0.385 e. The molecule has 0 aliphatic rings. The number of unbranched alkanes of at least 4 members (excludes halogenated alkanes) is 1. The Morgan fingerprint density at radius 3 is 2.40 bits per heavy atom. The van der Waals surface area contributed by atoms with Gasteiger partial charge in [-0.1, -0.05) is 0 Å². The van der Waals surface area contributed by atoms with E-state index in [0.717, 1.165) is 26.1 Å². The lowest BCUT2D eigenvalue weighted by molar-refractivity contribution is 0.125. The largest absolute Gasteiger partial charge is 0.385 e. The van der Waals surface area contributed by atoms with Gasteiger partial charge in [0.15, 0.2) is 0 Å². The van der Waals surface area contributed by atoms with Gasteiger partial charge in [-0.15, -0.1) is 0 Å². The Labute approximate surface area is 62.5 Å². The van der Waals surface area contributed by atoms with Crippen LogP contribution in [0.15, 0.2) is 0 Å². The zero-order chi connectivity index (χ0) is 7.66. The van der Waals surface area contributed by atoms with Crippen LogP contribution in [-0.4, -0.2) is 33.5 Å². The lowest BCUT2D eigenvalue weighted by atomic mass is 10.3. The summed E-state index contributed by atoms with van der Waals surface area (Å²) in [6.07, 6.45) is 2.13. The van der Waals surface area contributed by atoms with Gasteiger partial charge in [-0.2, -0.15) is 0 Å². The smallest absolute Gasteiger partial charge is 0.0588 e. The number of hydrogen-bond donors (Lipinski definition) is 1. The molecule has 0 aliphatic carbocycles. The molecule has 0 aromatic heterocycles. The molecule has 0 unspecified atom stereocenters. The third kappa shape index (κ3) is 7.88. The molecule has 10 heavy (non-hydrogen) atoms. The van der Waals surface area contributed by atoms with Crippen LogP contribution in [0.4, 0.5) is 0 Å². The quantitative estimate of drug-likeness (QED) is 0.530. The van der Waals surface area contributed by atoms with E-state index in [1.807, 2.05) is 0 Å². The van der Waals surface area contributed by atoms with E-state index < -0.39 is 0 Å². The van der Waals surface area contributed by atoms with E-state index >= 15 is 0 Å². The summed E-state index contributed by atoms with van der Waals surface area (Å²) >= 11 is 0. The highest BCUT2D eigenvalue weighted by molar-refractivity contribution is 4.37. The van der Waals surface area contributed by atoms with E-state index in [2.05, 4.69) is 0 Å². The first-order valence-corrected chi connectivity index (χ1v) is 3.68. The summed E-state index contributed by atoms with van der Waals surface area (Å²) in [6.45, 7) is 2.92. The average molecular weight is 147 g/mol. The fourth-order valence-corrected chi connectivity index (χ4v) is 0.636. The van der Waals surface area contributed by atoms with E-state index in [9.17, 15) is 0 Å². The van der Waals surface area contributed by atoms with Crippen molar-refractivity contribution in [2.75, 3.05) is 33.5 Å². The molecule has 0 radical (unpaired) electrons. The molecule has 0 fully saturated rings. The first kappa shape index (κ1) is 9.88. The Bertz CT molecular complexity index is 51.6. The number of hydrogen-bond acceptors (Lipinski definition) is 3. The van der Waals surface area contributed by atoms with Gasteiger partial charge in [0.1, 0.15) is 0 Å². The minimum atomic E-state index is 0.615. The van der Waals surface area contributed by atoms with E-state index in [1.54, 1.807) is 7.11 Å². The Kier molecular flexibility index (Phi) is 8.77. The molecule has 3 nitrogen and oxygen atoms in total. The van der Waals surface area contributed by atoms with Crippen molar-refractivity contribution in [3.63, 3.8) is 0 Å². The van der Waals surface area contributed by atoms with Crippen molar-refractivity contribution < 1.29 is 9.47 Å². The van der Waals surface area contributed by atoms with Crippen LogP contribution in [-0.2, 0) is 9.47 Å². The zero-order valence-electron chi connectivity index (χ0n) is 6.64. The van der Waals surface area contributed by atoms with Gasteiger partial charge in [-0.3, -0.25) is 0 Å². The molecular weight excluding hydrogens is 130 g/mol. The van der Waals surface area contributed by atoms with Crippen LogP contribution in [0.5, 0.6) is 0 Å². The predicted molar refractivity (Wildman–Crippen MR) is 41.0 cm³/mol. The molecule has 0 aromatic rings. The standard InChI is InChI=1S/C7H17NO2/c1-9-5-2-3-6-10-7-4-8/h2-8H2,1H3. The highest BCUT2D eigenvalue weighted by atomic mass is 16.5. The second-order valence-electron chi connectivity index (χ2n) is 2.10. The van der Waals surface area contributed by atoms with Gasteiger partial charge >= 0.3 is 0 Å². The highest BCUT2D eigenvalue weighted by Gasteiger charge is 1.86. The maximum Gasteiger partial charge on any atom is 0.0588 e. The number of nitrogens with two attached hydrogens (primary N) is 1. The lowest BCUT2D eigenvalue weighted by Gasteiger charge is -2.00. The van der Waals surface area contributed by atoms with Crippen molar-refractivity contribution in [1.29, 1.82) is 0 Å². The third-order valence-electron chi connectivity index (χ3n) is 1.15. The Morgan fingerprint density at radius 2 is 1.80 bits per heavy atom. The lowest BCUT2D eigenvalue weighted by Crippen LogP contribution is -2.09. The summed E-state index contributed by atoms with van der Waals surface area (Å²) in [5.74, 6) is 0. The molecule has 0 heterocycles. The minimum absolute atomic E-state index is 0.615. The van der Waals surface area contributed by atoms with Crippen LogP contribution in [0.1, 0.15) is 12.8 Å². The molecule has 0 rings (SSSR count). The average Bonchev–Trinajstić information content (AvgIpc) is 1.97. The number of ether oxygens (including phenoxy) is 2. The summed E-state index contributed by atoms with van der Waals surface area (Å²) in [6, 6.07) is 0. The topological polar surface area (TPSA) is 44.5 Å². The van der Waals surface area contributed by atoms with Crippen LogP contribution in [0.25, 0.3) is 0 Å². The molecule has 0 aromatic carbocycles. The molecule has 0 saturated heterocycles. The first-order chi connectivity index (χ1) is 4.91. The summed E-state index contributed by atoms with van der Waals surface area (Å²) in [7, 11) is 1.71. The van der Waals surface area contributed by atoms with Crippen molar-refractivity contribution in [3.8, 4) is 0 Å². The molecule has 0 bridgehead atoms. The second kappa shape index (κ2) is 8.88. The van der Waals surface area contributed by atoms with E-state index in [-0.39, 0.29) is 0 Å². The van der Waals surface area contributed by atoms with E-state index in [1.165, 1.54) is 0 Å². The second-order valence-corrected chi connectivity index (χ2v) is 2.10. The first-order valence-electron chi connectivity index (χ1n) is 3.68. The molecule has 0 spiro atoms. The van der Waals surface area contributed by atoms with E-state index in [4.69, 9.17) is 15.2 Å². The van der Waals surface area contributed by atoms with Gasteiger partial charge < -0.3 is 15.2 Å². The normalized spacial score (nSPS) is 10.2. The van der Waals surface area contributed by atoms with Crippen molar-refractivity contribution in [2.24, 2.45) is 5.73 Å². The molecule has 2 N–H and O–H groups in total. The maximum absolute atomic E-state index is 5.22. The van der Waals surface area contributed by atoms with Gasteiger partial charge in [0.25, 0.3) is 0 Å². The van der Waals surface area contributed by atoms with Gasteiger partial charge in [-0.05, 0) is 12.8 Å². The van der Waals surface area contributed by atoms with Crippen LogP contribution < -0.4 is 5.73 Å². The van der Waals surface area contributed by atoms with Gasteiger partial charge in [0.05, 0.1) is 6.61 Å². The van der Waals surface area contributed by atoms with Crippen molar-refractivity contribution in [3.05, 3.63) is 0 Å². The SMILES string of the molecule is COCCCCOCCN. The third-order valence-corrected chi connectivity index (χ3v) is 1.15. The fourth-order valence-electron chi connectivity index (χ4n) is 0.636. The molecule has 62 valence electrons. The van der Waals surface area contributed by atoms with Crippen molar-refractivity contribution in [1.82, 2.24) is 0 Å². The predicted octanol–water partition coefficient (Wildman–Crippen LogP) is 0.388. The van der Waals surface area contributed by atoms with Crippen LogP contribution >= 0.6 is 0 Å². The van der Waals surface area contributed by atoms with Gasteiger partial charge in [0.2, 0.25) is 0 Å². The summed E-state index contributed by atoms with van der Waals surface area (Å²) in [5.41, 5.74) is 5.22. The molecular formula is C7H17NO2. The Hall–Kier alpha value is -0.120. The maximum atomic E-state index is 5.22. The van der Waals surface area contributed by atoms with Gasteiger partial charge in [-0.25, -0.2) is 0 Å². The monoisotopic (exact) mass is 147 g/mol. The molecule has 3 heteroatoms. The molecule has 0 aliphatic heterocycles. The molecule has 0 saturated carbocycles. The van der Waals surface area contributed by atoms with Crippen molar-refractivity contribution >= 4 is 0 Å². The van der Waals surface area contributed by atoms with Crippen LogP contribution in [0.2, 0.25) is 0 Å². The summed E-state index contributed by atoms with van der Waals surface area (Å²) in [5, 5.41) is 0. The number of methoxy groups -OCH3 is 1. The fraction of sp³-hybridized carbons (Fsp3) is 1.00. The highest BCUT2D eigenvalue weighted by Crippen LogP contribution is 1.89. The zero-order valence-corrected chi connectivity index (χ0v) is 6.64.